The van der Waals surface area contributed by atoms with Crippen molar-refractivity contribution in [2.24, 2.45) is 0 Å². The Morgan fingerprint density at radius 1 is 1.32 bits per heavy atom. The first-order valence-corrected chi connectivity index (χ1v) is 8.65. The molecular formula is C19H19F3N4O2. The lowest BCUT2D eigenvalue weighted by molar-refractivity contribution is -0.137. The fourth-order valence-electron chi connectivity index (χ4n) is 3.05. The molecule has 0 aliphatic carbocycles. The Balaban J connectivity index is 1.93. The number of nitrogens with one attached hydrogen (secondary N) is 1. The second-order valence-corrected chi connectivity index (χ2v) is 7.55. The fraction of sp³-hybridized carbons (Fsp3) is 0.421. The van der Waals surface area contributed by atoms with Crippen LogP contribution >= 0.6 is 0 Å². The minimum absolute atomic E-state index is 0.221. The molecule has 0 bridgehead atoms. The molecule has 1 aliphatic rings. The second kappa shape index (κ2) is 6.86. The van der Waals surface area contributed by atoms with E-state index in [-0.39, 0.29) is 6.54 Å². The molecule has 0 spiro atoms. The van der Waals surface area contributed by atoms with Crippen LogP contribution in [0.4, 0.5) is 18.0 Å². The minimum atomic E-state index is -4.61. The molecule has 0 unspecified atom stereocenters. The van der Waals surface area contributed by atoms with Crippen molar-refractivity contribution in [1.82, 2.24) is 15.1 Å². The number of carbonyl (C=O) groups excluding carboxylic acids is 1. The van der Waals surface area contributed by atoms with Gasteiger partial charge in [0.15, 0.2) is 0 Å². The van der Waals surface area contributed by atoms with Crippen LogP contribution in [0.15, 0.2) is 18.2 Å². The van der Waals surface area contributed by atoms with Gasteiger partial charge in [0.1, 0.15) is 5.60 Å². The molecule has 0 radical (unpaired) electrons. The van der Waals surface area contributed by atoms with Crippen molar-refractivity contribution in [3.63, 3.8) is 0 Å². The van der Waals surface area contributed by atoms with Gasteiger partial charge in [-0.15, -0.1) is 0 Å². The summed E-state index contributed by atoms with van der Waals surface area (Å²) in [5.41, 5.74) is 0.238. The SMILES string of the molecule is CC(C)(C)OC(=O)N1CCc2[nH]nc(-c3ccc(C(F)(F)F)c(C#N)c3)c2C1. The van der Waals surface area contributed by atoms with E-state index in [1.165, 1.54) is 17.0 Å². The van der Waals surface area contributed by atoms with Crippen LogP contribution in [0.25, 0.3) is 11.3 Å². The number of hydrogen-bond acceptors (Lipinski definition) is 4. The summed E-state index contributed by atoms with van der Waals surface area (Å²) in [6, 6.07) is 4.93. The maximum absolute atomic E-state index is 13.0. The molecule has 1 aromatic heterocycles. The Labute approximate surface area is 159 Å². The van der Waals surface area contributed by atoms with Crippen LogP contribution in [0.5, 0.6) is 0 Å². The maximum atomic E-state index is 13.0. The normalized spacial score (nSPS) is 14.4. The van der Waals surface area contributed by atoms with E-state index in [1.807, 2.05) is 0 Å². The van der Waals surface area contributed by atoms with Gasteiger partial charge in [0, 0.05) is 29.8 Å². The van der Waals surface area contributed by atoms with Gasteiger partial charge in [0.2, 0.25) is 0 Å². The molecule has 2 aromatic rings. The summed E-state index contributed by atoms with van der Waals surface area (Å²) < 4.78 is 44.5. The molecule has 0 fully saturated rings. The highest BCUT2D eigenvalue weighted by Crippen LogP contribution is 2.35. The third-order valence-corrected chi connectivity index (χ3v) is 4.30. The van der Waals surface area contributed by atoms with Gasteiger partial charge in [0.25, 0.3) is 0 Å². The molecule has 2 heterocycles. The standard InChI is InChI=1S/C19H19F3N4O2/c1-18(2,3)28-17(27)26-7-6-15-13(10-26)16(25-24-15)11-4-5-14(19(20,21)22)12(8-11)9-23/h4-5,8H,6-7,10H2,1-3H3,(H,24,25). The Morgan fingerprint density at radius 3 is 2.64 bits per heavy atom. The number of halogens is 3. The molecule has 6 nitrogen and oxygen atoms in total. The molecular weight excluding hydrogens is 373 g/mol. The van der Waals surface area contributed by atoms with Crippen LogP contribution in [0.3, 0.4) is 0 Å². The lowest BCUT2D eigenvalue weighted by Crippen LogP contribution is -2.39. The molecule has 1 amide bonds. The summed E-state index contributed by atoms with van der Waals surface area (Å²) in [7, 11) is 0. The number of rotatable bonds is 1. The van der Waals surface area contributed by atoms with E-state index in [2.05, 4.69) is 10.2 Å². The first kappa shape index (κ1) is 19.7. The largest absolute Gasteiger partial charge is 0.444 e. The summed E-state index contributed by atoms with van der Waals surface area (Å²) in [4.78, 5) is 13.9. The summed E-state index contributed by atoms with van der Waals surface area (Å²) in [6.07, 6.45) is -4.55. The van der Waals surface area contributed by atoms with E-state index in [0.717, 1.165) is 11.8 Å². The summed E-state index contributed by atoms with van der Waals surface area (Å²) in [6.45, 7) is 5.98. The zero-order chi connectivity index (χ0) is 20.7. The van der Waals surface area contributed by atoms with Gasteiger partial charge >= 0.3 is 12.3 Å². The Bertz CT molecular complexity index is 952. The van der Waals surface area contributed by atoms with Crippen molar-refractivity contribution in [2.75, 3.05) is 6.54 Å². The molecule has 0 saturated heterocycles. The second-order valence-electron chi connectivity index (χ2n) is 7.55. The molecule has 0 saturated carbocycles. The first-order valence-electron chi connectivity index (χ1n) is 8.65. The predicted octanol–water partition coefficient (Wildman–Crippen LogP) is 4.26. The lowest BCUT2D eigenvalue weighted by Gasteiger charge is -2.30. The lowest BCUT2D eigenvalue weighted by atomic mass is 9.98. The van der Waals surface area contributed by atoms with E-state index in [0.29, 0.717) is 29.8 Å². The number of ether oxygens (including phenoxy) is 1. The van der Waals surface area contributed by atoms with Crippen molar-refractivity contribution in [2.45, 2.75) is 45.5 Å². The average Bonchev–Trinajstić information content (AvgIpc) is 3.02. The van der Waals surface area contributed by atoms with Crippen LogP contribution in [-0.2, 0) is 23.9 Å². The number of amides is 1. The number of H-pyrrole nitrogens is 1. The van der Waals surface area contributed by atoms with E-state index in [1.54, 1.807) is 26.8 Å². The zero-order valence-electron chi connectivity index (χ0n) is 15.6. The Hall–Kier alpha value is -3.02. The summed E-state index contributed by atoms with van der Waals surface area (Å²) in [5.74, 6) is 0. The third kappa shape index (κ3) is 3.96. The molecule has 148 valence electrons. The number of nitriles is 1. The van der Waals surface area contributed by atoms with Gasteiger partial charge in [-0.05, 0) is 32.9 Å². The van der Waals surface area contributed by atoms with Gasteiger partial charge in [0.05, 0.1) is 29.4 Å². The number of hydrogen-bond donors (Lipinski definition) is 1. The van der Waals surface area contributed by atoms with Crippen molar-refractivity contribution < 1.29 is 22.7 Å². The van der Waals surface area contributed by atoms with Crippen LogP contribution in [0.2, 0.25) is 0 Å². The molecule has 28 heavy (non-hydrogen) atoms. The first-order chi connectivity index (χ1) is 13.0. The minimum Gasteiger partial charge on any atom is -0.444 e. The molecule has 9 heteroatoms. The fourth-order valence-corrected chi connectivity index (χ4v) is 3.05. The summed E-state index contributed by atoms with van der Waals surface area (Å²) >= 11 is 0. The number of nitrogens with zero attached hydrogens (tertiary/aromatic N) is 3. The Morgan fingerprint density at radius 2 is 2.04 bits per heavy atom. The van der Waals surface area contributed by atoms with Crippen LogP contribution in [0, 0.1) is 11.3 Å². The van der Waals surface area contributed by atoms with Crippen LogP contribution in [0.1, 0.15) is 43.2 Å². The van der Waals surface area contributed by atoms with E-state index >= 15 is 0 Å². The molecule has 3 rings (SSSR count). The van der Waals surface area contributed by atoms with E-state index in [4.69, 9.17) is 10.00 Å². The van der Waals surface area contributed by atoms with E-state index < -0.39 is 29.0 Å². The quantitative estimate of drug-likeness (QED) is 0.786. The van der Waals surface area contributed by atoms with Crippen molar-refractivity contribution in [1.29, 1.82) is 5.26 Å². The Kier molecular flexibility index (Phi) is 4.83. The van der Waals surface area contributed by atoms with Gasteiger partial charge in [-0.25, -0.2) is 4.79 Å². The van der Waals surface area contributed by atoms with Crippen molar-refractivity contribution in [3.8, 4) is 17.3 Å². The monoisotopic (exact) mass is 392 g/mol. The van der Waals surface area contributed by atoms with Gasteiger partial charge in [-0.2, -0.15) is 23.5 Å². The number of benzene rings is 1. The molecule has 1 N–H and O–H groups in total. The number of fused-ring (bicyclic) bond motifs is 1. The number of alkyl halides is 3. The van der Waals surface area contributed by atoms with Crippen molar-refractivity contribution in [3.05, 3.63) is 40.6 Å². The predicted molar refractivity (Wildman–Crippen MR) is 94.1 cm³/mol. The van der Waals surface area contributed by atoms with Crippen LogP contribution in [-0.4, -0.2) is 33.3 Å². The average molecular weight is 392 g/mol. The molecule has 1 aromatic carbocycles. The van der Waals surface area contributed by atoms with Gasteiger partial charge < -0.3 is 9.64 Å². The topological polar surface area (TPSA) is 82.0 Å². The highest BCUT2D eigenvalue weighted by atomic mass is 19.4. The van der Waals surface area contributed by atoms with Gasteiger partial charge in [-0.3, -0.25) is 5.10 Å². The highest BCUT2D eigenvalue weighted by Gasteiger charge is 2.34. The van der Waals surface area contributed by atoms with Crippen LogP contribution < -0.4 is 0 Å². The number of aromatic amines is 1. The summed E-state index contributed by atoms with van der Waals surface area (Å²) in [5, 5.41) is 16.2. The zero-order valence-corrected chi connectivity index (χ0v) is 15.6. The number of carbonyl (C=O) groups is 1. The third-order valence-electron chi connectivity index (χ3n) is 4.30. The van der Waals surface area contributed by atoms with Gasteiger partial charge in [-0.1, -0.05) is 6.07 Å². The molecule has 0 atom stereocenters. The van der Waals surface area contributed by atoms with E-state index in [9.17, 15) is 18.0 Å². The highest BCUT2D eigenvalue weighted by molar-refractivity contribution is 5.71. The smallest absolute Gasteiger partial charge is 0.417 e. The van der Waals surface area contributed by atoms with Crippen molar-refractivity contribution >= 4 is 6.09 Å². The maximum Gasteiger partial charge on any atom is 0.417 e. The molecule has 1 aliphatic heterocycles. The number of aromatic nitrogens is 2.